The standard InChI is InChI=1S/C22H21NO5/c1-26-17-7-3-15(4-8-17)5-12-22(25)23-16-6-10-19(21(13-16)27-2)20-11-9-18(14-24)28-20/h3-13,24H,14H2,1-2H3,(H,23,25)/b12-5+. The molecule has 1 aromatic heterocycles. The van der Waals surface area contributed by atoms with Crippen molar-refractivity contribution in [3.63, 3.8) is 0 Å². The van der Waals surface area contributed by atoms with Gasteiger partial charge >= 0.3 is 0 Å². The van der Waals surface area contributed by atoms with Crippen molar-refractivity contribution in [1.29, 1.82) is 0 Å². The number of rotatable bonds is 7. The van der Waals surface area contributed by atoms with Crippen LogP contribution in [0.15, 0.2) is 65.1 Å². The fraction of sp³-hybridized carbons (Fsp3) is 0.136. The molecule has 1 heterocycles. The van der Waals surface area contributed by atoms with E-state index in [1.165, 1.54) is 6.08 Å². The van der Waals surface area contributed by atoms with Gasteiger partial charge in [-0.15, -0.1) is 0 Å². The van der Waals surface area contributed by atoms with Crippen LogP contribution in [0, 0.1) is 0 Å². The Balaban J connectivity index is 1.71. The fourth-order valence-corrected chi connectivity index (χ4v) is 2.65. The Labute approximate surface area is 163 Å². The molecule has 0 saturated heterocycles. The van der Waals surface area contributed by atoms with Crippen molar-refractivity contribution in [3.8, 4) is 22.8 Å². The van der Waals surface area contributed by atoms with Crippen LogP contribution in [0.3, 0.4) is 0 Å². The van der Waals surface area contributed by atoms with Crippen LogP contribution in [0.2, 0.25) is 0 Å². The van der Waals surface area contributed by atoms with Crippen molar-refractivity contribution in [2.45, 2.75) is 6.61 Å². The Kier molecular flexibility index (Phi) is 6.14. The van der Waals surface area contributed by atoms with Gasteiger partial charge in [0.25, 0.3) is 0 Å². The molecule has 3 aromatic rings. The number of anilines is 1. The summed E-state index contributed by atoms with van der Waals surface area (Å²) in [6, 6.07) is 16.1. The van der Waals surface area contributed by atoms with Crippen LogP contribution in [-0.2, 0) is 11.4 Å². The van der Waals surface area contributed by atoms with E-state index in [4.69, 9.17) is 19.0 Å². The van der Waals surface area contributed by atoms with Crippen LogP contribution in [0.1, 0.15) is 11.3 Å². The number of aliphatic hydroxyl groups excluding tert-OH is 1. The van der Waals surface area contributed by atoms with Gasteiger partial charge in [0, 0.05) is 17.8 Å². The minimum absolute atomic E-state index is 0.170. The minimum Gasteiger partial charge on any atom is -0.497 e. The Hall–Kier alpha value is -3.51. The Morgan fingerprint density at radius 2 is 1.86 bits per heavy atom. The first kappa shape index (κ1) is 19.3. The largest absolute Gasteiger partial charge is 0.497 e. The van der Waals surface area contributed by atoms with Gasteiger partial charge in [0.05, 0.1) is 19.8 Å². The van der Waals surface area contributed by atoms with Crippen LogP contribution < -0.4 is 14.8 Å². The van der Waals surface area contributed by atoms with Crippen molar-refractivity contribution in [2.24, 2.45) is 0 Å². The second-order valence-electron chi connectivity index (χ2n) is 5.93. The first-order valence-electron chi connectivity index (χ1n) is 8.64. The van der Waals surface area contributed by atoms with E-state index in [0.717, 1.165) is 16.9 Å². The highest BCUT2D eigenvalue weighted by Crippen LogP contribution is 2.33. The highest BCUT2D eigenvalue weighted by Gasteiger charge is 2.12. The van der Waals surface area contributed by atoms with Gasteiger partial charge in [-0.1, -0.05) is 12.1 Å². The van der Waals surface area contributed by atoms with E-state index in [9.17, 15) is 4.79 Å². The summed E-state index contributed by atoms with van der Waals surface area (Å²) in [4.78, 5) is 12.2. The topological polar surface area (TPSA) is 80.9 Å². The lowest BCUT2D eigenvalue weighted by Crippen LogP contribution is -2.07. The number of furan rings is 1. The van der Waals surface area contributed by atoms with Crippen LogP contribution in [0.4, 0.5) is 5.69 Å². The zero-order chi connectivity index (χ0) is 19.9. The third-order valence-corrected chi connectivity index (χ3v) is 4.09. The number of carbonyl (C=O) groups is 1. The molecule has 3 rings (SSSR count). The normalized spacial score (nSPS) is 10.8. The number of aliphatic hydroxyl groups is 1. The molecule has 0 fully saturated rings. The number of nitrogens with one attached hydrogen (secondary N) is 1. The summed E-state index contributed by atoms with van der Waals surface area (Å²) in [5.74, 6) is 2.11. The molecule has 0 atom stereocenters. The molecule has 0 aliphatic rings. The molecule has 144 valence electrons. The molecule has 6 heteroatoms. The molecular weight excluding hydrogens is 358 g/mol. The molecule has 28 heavy (non-hydrogen) atoms. The predicted molar refractivity (Wildman–Crippen MR) is 107 cm³/mol. The van der Waals surface area contributed by atoms with Gasteiger partial charge in [0.1, 0.15) is 29.6 Å². The van der Waals surface area contributed by atoms with E-state index in [1.807, 2.05) is 24.3 Å². The molecule has 0 aliphatic carbocycles. The quantitative estimate of drug-likeness (QED) is 0.604. The fourth-order valence-electron chi connectivity index (χ4n) is 2.65. The number of hydrogen-bond acceptors (Lipinski definition) is 5. The molecule has 0 radical (unpaired) electrons. The number of ether oxygens (including phenoxy) is 2. The lowest BCUT2D eigenvalue weighted by molar-refractivity contribution is -0.111. The molecule has 6 nitrogen and oxygen atoms in total. The molecule has 0 bridgehead atoms. The zero-order valence-electron chi connectivity index (χ0n) is 15.6. The predicted octanol–water partition coefficient (Wildman–Crippen LogP) is 4.11. The van der Waals surface area contributed by atoms with Gasteiger partial charge in [-0.05, 0) is 48.0 Å². The average Bonchev–Trinajstić information content (AvgIpc) is 3.21. The summed E-state index contributed by atoms with van der Waals surface area (Å²) in [7, 11) is 3.15. The van der Waals surface area contributed by atoms with Gasteiger partial charge in [-0.3, -0.25) is 4.79 Å². The Bertz CT molecular complexity index is 973. The Morgan fingerprint density at radius 3 is 2.50 bits per heavy atom. The number of carbonyl (C=O) groups excluding carboxylic acids is 1. The number of hydrogen-bond donors (Lipinski definition) is 2. The lowest BCUT2D eigenvalue weighted by Gasteiger charge is -2.09. The molecule has 1 amide bonds. The summed E-state index contributed by atoms with van der Waals surface area (Å²) in [6.45, 7) is -0.170. The van der Waals surface area contributed by atoms with E-state index < -0.39 is 0 Å². The zero-order valence-corrected chi connectivity index (χ0v) is 15.6. The molecule has 2 aromatic carbocycles. The van der Waals surface area contributed by atoms with Crippen LogP contribution >= 0.6 is 0 Å². The number of benzene rings is 2. The van der Waals surface area contributed by atoms with E-state index in [-0.39, 0.29) is 12.5 Å². The molecule has 0 spiro atoms. The van der Waals surface area contributed by atoms with E-state index >= 15 is 0 Å². The van der Waals surface area contributed by atoms with E-state index in [2.05, 4.69) is 5.32 Å². The smallest absolute Gasteiger partial charge is 0.248 e. The maximum atomic E-state index is 12.2. The molecular formula is C22H21NO5. The molecule has 0 aliphatic heterocycles. The minimum atomic E-state index is -0.258. The Morgan fingerprint density at radius 1 is 1.07 bits per heavy atom. The second-order valence-corrected chi connectivity index (χ2v) is 5.93. The van der Waals surface area contributed by atoms with E-state index in [0.29, 0.717) is 23.0 Å². The highest BCUT2D eigenvalue weighted by atomic mass is 16.5. The van der Waals surface area contributed by atoms with Crippen LogP contribution in [0.25, 0.3) is 17.4 Å². The SMILES string of the molecule is COc1ccc(/C=C/C(=O)Nc2ccc(-c3ccc(CO)o3)c(OC)c2)cc1. The lowest BCUT2D eigenvalue weighted by atomic mass is 10.1. The first-order chi connectivity index (χ1) is 13.6. The maximum Gasteiger partial charge on any atom is 0.248 e. The second kappa shape index (κ2) is 8.92. The van der Waals surface area contributed by atoms with Gasteiger partial charge < -0.3 is 24.3 Å². The maximum absolute atomic E-state index is 12.2. The van der Waals surface area contributed by atoms with Crippen molar-refractivity contribution in [3.05, 3.63) is 72.0 Å². The highest BCUT2D eigenvalue weighted by molar-refractivity contribution is 6.02. The summed E-state index contributed by atoms with van der Waals surface area (Å²) < 4.78 is 16.1. The van der Waals surface area contributed by atoms with Crippen LogP contribution in [-0.4, -0.2) is 25.2 Å². The van der Waals surface area contributed by atoms with Crippen molar-refractivity contribution in [1.82, 2.24) is 0 Å². The third kappa shape index (κ3) is 4.61. The molecule has 0 saturated carbocycles. The summed E-state index contributed by atoms with van der Waals surface area (Å²) in [6.07, 6.45) is 3.18. The summed E-state index contributed by atoms with van der Waals surface area (Å²) in [5, 5.41) is 11.9. The third-order valence-electron chi connectivity index (χ3n) is 4.09. The summed E-state index contributed by atoms with van der Waals surface area (Å²) >= 11 is 0. The molecule has 2 N–H and O–H groups in total. The average molecular weight is 379 g/mol. The summed E-state index contributed by atoms with van der Waals surface area (Å²) in [5.41, 5.74) is 2.22. The van der Waals surface area contributed by atoms with Gasteiger partial charge in [-0.25, -0.2) is 0 Å². The molecule has 0 unspecified atom stereocenters. The van der Waals surface area contributed by atoms with E-state index in [1.54, 1.807) is 50.6 Å². The van der Waals surface area contributed by atoms with Crippen molar-refractivity contribution < 1.29 is 23.8 Å². The first-order valence-corrected chi connectivity index (χ1v) is 8.64. The van der Waals surface area contributed by atoms with Crippen LogP contribution in [0.5, 0.6) is 11.5 Å². The van der Waals surface area contributed by atoms with Gasteiger partial charge in [-0.2, -0.15) is 0 Å². The van der Waals surface area contributed by atoms with Gasteiger partial charge in [0.2, 0.25) is 5.91 Å². The van der Waals surface area contributed by atoms with Gasteiger partial charge in [0.15, 0.2) is 0 Å². The monoisotopic (exact) mass is 379 g/mol. The van der Waals surface area contributed by atoms with Crippen molar-refractivity contribution in [2.75, 3.05) is 19.5 Å². The number of amides is 1. The van der Waals surface area contributed by atoms with Crippen molar-refractivity contribution >= 4 is 17.7 Å². The number of methoxy groups -OCH3 is 2.